The van der Waals surface area contributed by atoms with E-state index in [9.17, 15) is 24.0 Å². The molecule has 0 spiro atoms. The lowest BCUT2D eigenvalue weighted by atomic mass is 9.90. The average molecular weight is 934 g/mol. The number of carbonyl (C=O) groups is 5. The fraction of sp³-hybridized carbons (Fsp3) is 0.321. The number of piperazine rings is 1. The first kappa shape index (κ1) is 45.3. The summed E-state index contributed by atoms with van der Waals surface area (Å²) in [6.45, 7) is 5.35. The van der Waals surface area contributed by atoms with Crippen molar-refractivity contribution in [2.45, 2.75) is 50.5 Å². The highest BCUT2D eigenvalue weighted by Crippen LogP contribution is 2.41. The van der Waals surface area contributed by atoms with Crippen LogP contribution >= 0.6 is 0 Å². The zero-order valence-electron chi connectivity index (χ0n) is 38.6. The minimum absolute atomic E-state index is 0.0426. The van der Waals surface area contributed by atoms with Gasteiger partial charge in [-0.3, -0.25) is 38.9 Å². The van der Waals surface area contributed by atoms with Crippen LogP contribution in [0.5, 0.6) is 0 Å². The number of aryl methyl sites for hydroxylation is 1. The number of piperidine rings is 2. The smallest absolute Gasteiger partial charge is 0.276 e. The molecule has 3 N–H and O–H groups in total. The van der Waals surface area contributed by atoms with Crippen molar-refractivity contribution in [1.29, 1.82) is 0 Å². The molecule has 0 bridgehead atoms. The zero-order chi connectivity index (χ0) is 47.9. The van der Waals surface area contributed by atoms with E-state index in [1.54, 1.807) is 54.4 Å². The first-order valence-electron chi connectivity index (χ1n) is 23.6. The fourth-order valence-corrected chi connectivity index (χ4v) is 10.5. The lowest BCUT2D eigenvalue weighted by molar-refractivity contribution is -0.134. The molecule has 1 unspecified atom stereocenters. The van der Waals surface area contributed by atoms with Gasteiger partial charge in [0.15, 0.2) is 5.69 Å². The number of hydrogen-bond donors (Lipinski definition) is 3. The number of aromatic nitrogens is 2. The Labute approximate surface area is 398 Å². The highest BCUT2D eigenvalue weighted by Gasteiger charge is 2.32. The number of imide groups is 1. The van der Waals surface area contributed by atoms with Gasteiger partial charge in [-0.1, -0.05) is 30.3 Å². The number of anilines is 4. The molecule has 4 aliphatic rings. The molecule has 5 aromatic carbocycles. The van der Waals surface area contributed by atoms with Crippen LogP contribution in [0.25, 0.3) is 33.2 Å². The number of nitrogens with zero attached hydrogens (tertiary/aromatic N) is 6. The maximum atomic E-state index is 17.2. The Morgan fingerprint density at radius 1 is 0.725 bits per heavy atom. The topological polar surface area (TPSA) is 152 Å². The van der Waals surface area contributed by atoms with Crippen LogP contribution in [-0.2, 0) is 21.4 Å². The van der Waals surface area contributed by atoms with Crippen LogP contribution in [0.1, 0.15) is 70.9 Å². The van der Waals surface area contributed by atoms with Crippen LogP contribution in [0.3, 0.4) is 0 Å². The maximum absolute atomic E-state index is 17.2. The normalized spacial score (nSPS) is 18.2. The van der Waals surface area contributed by atoms with Gasteiger partial charge >= 0.3 is 0 Å². The largest absolute Gasteiger partial charge is 0.371 e. The van der Waals surface area contributed by atoms with Gasteiger partial charge in [-0.2, -0.15) is 5.10 Å². The van der Waals surface area contributed by atoms with Crippen molar-refractivity contribution in [2.24, 2.45) is 7.05 Å². The summed E-state index contributed by atoms with van der Waals surface area (Å²) in [6.07, 6.45) is 3.81. The molecule has 0 aliphatic carbocycles. The number of rotatable bonds is 10. The van der Waals surface area contributed by atoms with Crippen molar-refractivity contribution in [1.82, 2.24) is 25.3 Å². The van der Waals surface area contributed by atoms with Gasteiger partial charge in [0.25, 0.3) is 11.8 Å². The van der Waals surface area contributed by atoms with Crippen molar-refractivity contribution >= 4 is 63.2 Å². The number of hydrogen-bond acceptors (Lipinski definition) is 9. The molecule has 354 valence electrons. The monoisotopic (exact) mass is 933 g/mol. The minimum atomic E-state index is -0.625. The molecule has 4 saturated heterocycles. The van der Waals surface area contributed by atoms with Gasteiger partial charge < -0.3 is 25.3 Å². The summed E-state index contributed by atoms with van der Waals surface area (Å²) in [5.41, 5.74) is 6.44. The summed E-state index contributed by atoms with van der Waals surface area (Å²) in [5.74, 6) is -3.04. The van der Waals surface area contributed by atoms with E-state index in [4.69, 9.17) is 0 Å². The van der Waals surface area contributed by atoms with Crippen LogP contribution < -0.4 is 30.7 Å². The molecule has 4 aliphatic heterocycles. The summed E-state index contributed by atoms with van der Waals surface area (Å²) in [7, 11) is 3.18. The average Bonchev–Trinajstić information content (AvgIpc) is 3.96. The Hall–Kier alpha value is -7.46. The van der Waals surface area contributed by atoms with Crippen molar-refractivity contribution in [2.75, 3.05) is 72.9 Å². The number of amides is 5. The maximum Gasteiger partial charge on any atom is 0.276 e. The second kappa shape index (κ2) is 18.9. The van der Waals surface area contributed by atoms with Gasteiger partial charge in [0, 0.05) is 107 Å². The van der Waals surface area contributed by atoms with Crippen molar-refractivity contribution < 1.29 is 32.8 Å². The van der Waals surface area contributed by atoms with Crippen LogP contribution in [0.2, 0.25) is 0 Å². The van der Waals surface area contributed by atoms with Crippen molar-refractivity contribution in [3.8, 4) is 22.3 Å². The third-order valence-electron chi connectivity index (χ3n) is 14.3. The van der Waals surface area contributed by atoms with E-state index in [0.29, 0.717) is 72.1 Å². The zero-order valence-corrected chi connectivity index (χ0v) is 38.6. The number of fused-ring (bicyclic) bond motifs is 1. The second-order valence-electron chi connectivity index (χ2n) is 18.3. The quantitative estimate of drug-likeness (QED) is 0.121. The molecule has 0 radical (unpaired) electrons. The molecule has 6 aromatic rings. The molecule has 0 saturated carbocycles. The van der Waals surface area contributed by atoms with Crippen LogP contribution in [0.4, 0.5) is 31.5 Å². The molecule has 69 heavy (non-hydrogen) atoms. The summed E-state index contributed by atoms with van der Waals surface area (Å²) < 4.78 is 34.1. The number of benzene rings is 5. The lowest BCUT2D eigenvalue weighted by Crippen LogP contribution is -2.53. The Morgan fingerprint density at radius 2 is 1.48 bits per heavy atom. The number of nitrogens with one attached hydrogen (secondary N) is 3. The SMILES string of the molecule is CNC(=O)c1cccc(NC(=O)c2nn(C)c3ccc(-c4ccc(N5CCCC5=O)cc4-c4ccc(N5CCC(N6CCN(c7ccc(C8CCC(=O)NC8=O)cc7F)CC6)CC5)cc4)c(F)c23)c1. The van der Waals surface area contributed by atoms with Gasteiger partial charge in [-0.05, 0) is 115 Å². The molecular weight excluding hydrogens is 881 g/mol. The van der Waals surface area contributed by atoms with Gasteiger partial charge in [-0.15, -0.1) is 0 Å². The van der Waals surface area contributed by atoms with Crippen molar-refractivity contribution in [3.05, 3.63) is 126 Å². The van der Waals surface area contributed by atoms with Crippen molar-refractivity contribution in [3.63, 3.8) is 0 Å². The van der Waals surface area contributed by atoms with E-state index in [1.165, 1.54) is 17.8 Å². The number of halogens is 2. The minimum Gasteiger partial charge on any atom is -0.371 e. The first-order valence-corrected chi connectivity index (χ1v) is 23.6. The number of carbonyl (C=O) groups excluding carboxylic acids is 5. The highest BCUT2D eigenvalue weighted by molar-refractivity contribution is 6.12. The molecule has 4 fully saturated rings. The molecular formula is C53H53F2N9O5. The molecule has 1 aromatic heterocycles. The van der Waals surface area contributed by atoms with E-state index in [2.05, 4.69) is 47.9 Å². The second-order valence-corrected chi connectivity index (χ2v) is 18.3. The Kier molecular flexibility index (Phi) is 12.4. The Bertz CT molecular complexity index is 3010. The van der Waals surface area contributed by atoms with E-state index < -0.39 is 17.6 Å². The third-order valence-corrected chi connectivity index (χ3v) is 14.3. The molecule has 16 heteroatoms. The van der Waals surface area contributed by atoms with Gasteiger partial charge in [0.05, 0.1) is 22.5 Å². The highest BCUT2D eigenvalue weighted by atomic mass is 19.1. The summed E-state index contributed by atoms with van der Waals surface area (Å²) in [6, 6.07) is 29.2. The predicted molar refractivity (Wildman–Crippen MR) is 261 cm³/mol. The standard InChI is InChI=1S/C53H53F2N9O5/c1-56-51(67)34-5-3-6-35(29-34)57-53(69)50-48-45(60(2)59-50)18-15-41(49(48)55)40-14-13-38(64-22-4-7-47(64)66)31-42(40)32-8-11-36(12-9-32)61-23-20-37(21-24-61)62-25-27-63(28-26-62)44-17-10-33(30-43(44)54)39-16-19-46(65)58-52(39)68/h3,5-6,8-15,17-18,29-31,37,39H,4,7,16,19-28H2,1-2H3,(H,56,67)(H,57,69)(H,58,65,68). The van der Waals surface area contributed by atoms with E-state index >= 15 is 8.78 Å². The summed E-state index contributed by atoms with van der Waals surface area (Å²) >= 11 is 0. The Morgan fingerprint density at radius 3 is 2.19 bits per heavy atom. The Balaban J connectivity index is 0.843. The van der Waals surface area contributed by atoms with E-state index in [0.717, 1.165) is 67.9 Å². The lowest BCUT2D eigenvalue weighted by Gasteiger charge is -2.44. The summed E-state index contributed by atoms with van der Waals surface area (Å²) in [4.78, 5) is 71.7. The third kappa shape index (κ3) is 8.92. The molecule has 14 nitrogen and oxygen atoms in total. The molecule has 5 heterocycles. The van der Waals surface area contributed by atoms with E-state index in [-0.39, 0.29) is 52.5 Å². The fourth-order valence-electron chi connectivity index (χ4n) is 10.5. The summed E-state index contributed by atoms with van der Waals surface area (Å²) in [5, 5.41) is 12.2. The van der Waals surface area contributed by atoms with E-state index in [1.807, 2.05) is 36.4 Å². The van der Waals surface area contributed by atoms with Crippen LogP contribution in [-0.4, -0.2) is 103 Å². The van der Waals surface area contributed by atoms with Crippen LogP contribution in [0, 0.1) is 11.6 Å². The van der Waals surface area contributed by atoms with Crippen LogP contribution in [0.15, 0.2) is 97.1 Å². The molecule has 5 amide bonds. The van der Waals surface area contributed by atoms with Gasteiger partial charge in [0.2, 0.25) is 17.7 Å². The predicted octanol–water partition coefficient (Wildman–Crippen LogP) is 7.24. The molecule has 10 rings (SSSR count). The van der Waals surface area contributed by atoms with Gasteiger partial charge in [0.1, 0.15) is 11.6 Å². The molecule has 1 atom stereocenters. The first-order chi connectivity index (χ1) is 33.4. The van der Waals surface area contributed by atoms with Gasteiger partial charge in [-0.25, -0.2) is 8.78 Å².